The van der Waals surface area contributed by atoms with Gasteiger partial charge in [0.25, 0.3) is 5.91 Å². The Hall–Kier alpha value is -1.62. The maximum absolute atomic E-state index is 12.3. The van der Waals surface area contributed by atoms with E-state index in [0.29, 0.717) is 15.6 Å². The second kappa shape index (κ2) is 7.30. The minimum atomic E-state index is -0.153. The Kier molecular flexibility index (Phi) is 5.16. The first-order valence-electron chi connectivity index (χ1n) is 7.49. The van der Waals surface area contributed by atoms with Crippen LogP contribution >= 0.6 is 23.2 Å². The lowest BCUT2D eigenvalue weighted by Crippen LogP contribution is -2.37. The van der Waals surface area contributed by atoms with E-state index in [1.807, 2.05) is 12.3 Å². The van der Waals surface area contributed by atoms with Gasteiger partial charge < -0.3 is 5.32 Å². The number of carbonyl (C=O) groups excluding carboxylic acids is 1. The topological polar surface area (TPSA) is 45.2 Å². The number of rotatable bonds is 4. The molecular formula is C17H17Cl2N3O. The summed E-state index contributed by atoms with van der Waals surface area (Å²) in [4.78, 5) is 18.8. The van der Waals surface area contributed by atoms with E-state index >= 15 is 0 Å². The number of carbonyl (C=O) groups is 1. The van der Waals surface area contributed by atoms with Crippen molar-refractivity contribution in [2.75, 3.05) is 13.1 Å². The van der Waals surface area contributed by atoms with Gasteiger partial charge in [-0.1, -0.05) is 29.3 Å². The Labute approximate surface area is 145 Å². The predicted octanol–water partition coefficient (Wildman–Crippen LogP) is 3.39. The molecule has 0 spiro atoms. The zero-order chi connectivity index (χ0) is 16.2. The van der Waals surface area contributed by atoms with Crippen LogP contribution in [0.4, 0.5) is 0 Å². The molecule has 6 heteroatoms. The summed E-state index contributed by atoms with van der Waals surface area (Å²) in [7, 11) is 0. The van der Waals surface area contributed by atoms with Crippen molar-refractivity contribution in [3.05, 3.63) is 63.9 Å². The van der Waals surface area contributed by atoms with Crippen molar-refractivity contribution in [3.63, 3.8) is 0 Å². The summed E-state index contributed by atoms with van der Waals surface area (Å²) >= 11 is 11.9. The molecule has 1 aromatic carbocycles. The largest absolute Gasteiger partial charge is 0.348 e. The van der Waals surface area contributed by atoms with Crippen molar-refractivity contribution in [3.8, 4) is 0 Å². The fraction of sp³-hybridized carbons (Fsp3) is 0.294. The number of nitrogens with one attached hydrogen (secondary N) is 1. The lowest BCUT2D eigenvalue weighted by atomic mass is 10.2. The van der Waals surface area contributed by atoms with Crippen molar-refractivity contribution in [2.45, 2.75) is 19.0 Å². The molecule has 1 aromatic heterocycles. The van der Waals surface area contributed by atoms with Crippen LogP contribution < -0.4 is 5.32 Å². The SMILES string of the molecule is O=C(NC1CCN(Cc2cccnc2)C1)c1ccc(Cl)cc1Cl. The molecule has 2 aromatic rings. The molecule has 120 valence electrons. The van der Waals surface area contributed by atoms with Gasteiger partial charge in [0.2, 0.25) is 0 Å². The molecule has 1 aliphatic heterocycles. The highest BCUT2D eigenvalue weighted by Gasteiger charge is 2.24. The van der Waals surface area contributed by atoms with E-state index in [1.165, 1.54) is 5.56 Å². The van der Waals surface area contributed by atoms with E-state index < -0.39 is 0 Å². The molecule has 1 fully saturated rings. The van der Waals surface area contributed by atoms with Crippen LogP contribution in [-0.2, 0) is 6.54 Å². The van der Waals surface area contributed by atoms with Crippen LogP contribution in [0.15, 0.2) is 42.7 Å². The highest BCUT2D eigenvalue weighted by Crippen LogP contribution is 2.21. The Morgan fingerprint density at radius 1 is 1.35 bits per heavy atom. The molecule has 1 atom stereocenters. The number of halogens is 2. The Morgan fingerprint density at radius 3 is 2.96 bits per heavy atom. The van der Waals surface area contributed by atoms with E-state index in [-0.39, 0.29) is 11.9 Å². The summed E-state index contributed by atoms with van der Waals surface area (Å²) in [5.41, 5.74) is 1.64. The number of likely N-dealkylation sites (tertiary alicyclic amines) is 1. The summed E-state index contributed by atoms with van der Waals surface area (Å²) in [5, 5.41) is 3.95. The molecule has 0 bridgehead atoms. The summed E-state index contributed by atoms with van der Waals surface area (Å²) in [6, 6.07) is 9.04. The molecule has 4 nitrogen and oxygen atoms in total. The maximum atomic E-state index is 12.3. The fourth-order valence-electron chi connectivity index (χ4n) is 2.78. The van der Waals surface area contributed by atoms with Gasteiger partial charge in [-0.3, -0.25) is 14.7 Å². The molecule has 1 N–H and O–H groups in total. The van der Waals surface area contributed by atoms with Gasteiger partial charge in [-0.15, -0.1) is 0 Å². The minimum Gasteiger partial charge on any atom is -0.348 e. The summed E-state index contributed by atoms with van der Waals surface area (Å²) < 4.78 is 0. The molecule has 1 saturated heterocycles. The minimum absolute atomic E-state index is 0.130. The monoisotopic (exact) mass is 349 g/mol. The molecule has 1 aliphatic rings. The van der Waals surface area contributed by atoms with Gasteiger partial charge in [0.05, 0.1) is 10.6 Å². The summed E-state index contributed by atoms with van der Waals surface area (Å²) in [5.74, 6) is -0.153. The third kappa shape index (κ3) is 4.22. The van der Waals surface area contributed by atoms with Crippen LogP contribution in [0.25, 0.3) is 0 Å². The molecule has 23 heavy (non-hydrogen) atoms. The van der Waals surface area contributed by atoms with E-state index in [2.05, 4.69) is 21.3 Å². The quantitative estimate of drug-likeness (QED) is 0.919. The average molecular weight is 350 g/mol. The average Bonchev–Trinajstić information content (AvgIpc) is 2.95. The Morgan fingerprint density at radius 2 is 2.22 bits per heavy atom. The molecular weight excluding hydrogens is 333 g/mol. The van der Waals surface area contributed by atoms with Crippen molar-refractivity contribution in [2.24, 2.45) is 0 Å². The second-order valence-corrected chi connectivity index (χ2v) is 6.52. The number of nitrogens with zero attached hydrogens (tertiary/aromatic N) is 2. The van der Waals surface area contributed by atoms with E-state index in [1.54, 1.807) is 24.4 Å². The number of benzene rings is 1. The third-order valence-corrected chi connectivity index (χ3v) is 4.46. The summed E-state index contributed by atoms with van der Waals surface area (Å²) in [6.45, 7) is 2.63. The third-order valence-electron chi connectivity index (χ3n) is 3.91. The zero-order valence-corrected chi connectivity index (χ0v) is 14.0. The van der Waals surface area contributed by atoms with E-state index in [9.17, 15) is 4.79 Å². The van der Waals surface area contributed by atoms with E-state index in [0.717, 1.165) is 26.1 Å². The lowest BCUT2D eigenvalue weighted by Gasteiger charge is -2.17. The molecule has 0 aliphatic carbocycles. The van der Waals surface area contributed by atoms with Gasteiger partial charge in [0.15, 0.2) is 0 Å². The van der Waals surface area contributed by atoms with Gasteiger partial charge in [-0.25, -0.2) is 0 Å². The Bertz CT molecular complexity index is 693. The van der Waals surface area contributed by atoms with Crippen molar-refractivity contribution >= 4 is 29.1 Å². The fourth-order valence-corrected chi connectivity index (χ4v) is 3.28. The van der Waals surface area contributed by atoms with Crippen molar-refractivity contribution in [1.29, 1.82) is 0 Å². The van der Waals surface area contributed by atoms with Gasteiger partial charge in [-0.05, 0) is 36.2 Å². The molecule has 1 unspecified atom stereocenters. The van der Waals surface area contributed by atoms with Gasteiger partial charge in [0, 0.05) is 43.1 Å². The van der Waals surface area contributed by atoms with E-state index in [4.69, 9.17) is 23.2 Å². The van der Waals surface area contributed by atoms with Gasteiger partial charge in [-0.2, -0.15) is 0 Å². The van der Waals surface area contributed by atoms with Crippen LogP contribution in [-0.4, -0.2) is 34.9 Å². The first-order chi connectivity index (χ1) is 11.1. The van der Waals surface area contributed by atoms with Crippen LogP contribution in [0.1, 0.15) is 22.3 Å². The van der Waals surface area contributed by atoms with Gasteiger partial charge >= 0.3 is 0 Å². The van der Waals surface area contributed by atoms with Crippen molar-refractivity contribution in [1.82, 2.24) is 15.2 Å². The van der Waals surface area contributed by atoms with Gasteiger partial charge in [0.1, 0.15) is 0 Å². The first kappa shape index (κ1) is 16.2. The van der Waals surface area contributed by atoms with Crippen LogP contribution in [0.5, 0.6) is 0 Å². The first-order valence-corrected chi connectivity index (χ1v) is 8.24. The molecule has 3 rings (SSSR count). The maximum Gasteiger partial charge on any atom is 0.253 e. The number of amides is 1. The summed E-state index contributed by atoms with van der Waals surface area (Å²) in [6.07, 6.45) is 4.57. The number of pyridine rings is 1. The number of hydrogen-bond donors (Lipinski definition) is 1. The normalized spacial score (nSPS) is 18.1. The highest BCUT2D eigenvalue weighted by atomic mass is 35.5. The standard InChI is InChI=1S/C17H17Cl2N3O/c18-13-3-4-15(16(19)8-13)17(23)21-14-5-7-22(11-14)10-12-2-1-6-20-9-12/h1-4,6,8-9,14H,5,7,10-11H2,(H,21,23). The number of aromatic nitrogens is 1. The van der Waals surface area contributed by atoms with Crippen LogP contribution in [0.2, 0.25) is 10.0 Å². The number of hydrogen-bond acceptors (Lipinski definition) is 3. The van der Waals surface area contributed by atoms with Crippen molar-refractivity contribution < 1.29 is 4.79 Å². The zero-order valence-electron chi connectivity index (χ0n) is 12.5. The Balaban J connectivity index is 1.56. The van der Waals surface area contributed by atoms with Crippen LogP contribution in [0, 0.1) is 0 Å². The molecule has 2 heterocycles. The smallest absolute Gasteiger partial charge is 0.253 e. The lowest BCUT2D eigenvalue weighted by molar-refractivity contribution is 0.0938. The highest BCUT2D eigenvalue weighted by molar-refractivity contribution is 6.36. The van der Waals surface area contributed by atoms with Crippen LogP contribution in [0.3, 0.4) is 0 Å². The molecule has 0 saturated carbocycles. The predicted molar refractivity (Wildman–Crippen MR) is 91.8 cm³/mol. The molecule has 0 radical (unpaired) electrons. The second-order valence-electron chi connectivity index (χ2n) is 5.68. The molecule has 1 amide bonds.